The lowest BCUT2D eigenvalue weighted by Crippen LogP contribution is -2.44. The zero-order valence-corrected chi connectivity index (χ0v) is 17.5. The fraction of sp³-hybridized carbons (Fsp3) is 0.360. The molecule has 5 rings (SSSR count). The number of hydrogen-bond donors (Lipinski definition) is 1. The van der Waals surface area contributed by atoms with Crippen LogP contribution in [-0.2, 0) is 20.7 Å². The molecule has 0 aliphatic carbocycles. The smallest absolute Gasteiger partial charge is 0.234 e. The Kier molecular flexibility index (Phi) is 5.02. The van der Waals surface area contributed by atoms with Crippen molar-refractivity contribution < 1.29 is 19.1 Å². The monoisotopic (exact) mass is 418 g/mol. The summed E-state index contributed by atoms with van der Waals surface area (Å²) < 4.78 is 11.4. The number of methoxy groups -OCH3 is 1. The summed E-state index contributed by atoms with van der Waals surface area (Å²) >= 11 is 0. The molecular formula is C25H26N2O4. The van der Waals surface area contributed by atoms with Crippen molar-refractivity contribution in [3.05, 3.63) is 72.3 Å². The van der Waals surface area contributed by atoms with Crippen molar-refractivity contribution in [2.24, 2.45) is 11.8 Å². The molecule has 0 aromatic heterocycles. The fourth-order valence-corrected chi connectivity index (χ4v) is 5.05. The van der Waals surface area contributed by atoms with E-state index in [-0.39, 0.29) is 17.9 Å². The number of hydrogen-bond acceptors (Lipinski definition) is 4. The second kappa shape index (κ2) is 7.85. The third kappa shape index (κ3) is 3.41. The van der Waals surface area contributed by atoms with Crippen LogP contribution >= 0.6 is 0 Å². The molecule has 0 unspecified atom stereocenters. The van der Waals surface area contributed by atoms with E-state index in [9.17, 15) is 9.59 Å². The highest BCUT2D eigenvalue weighted by molar-refractivity contribution is 6.03. The molecule has 2 amide bonds. The second-order valence-electron chi connectivity index (χ2n) is 8.40. The Morgan fingerprint density at radius 3 is 2.71 bits per heavy atom. The van der Waals surface area contributed by atoms with Crippen LogP contribution in [0.3, 0.4) is 0 Å². The molecule has 0 radical (unpaired) electrons. The van der Waals surface area contributed by atoms with Crippen molar-refractivity contribution in [2.75, 3.05) is 25.1 Å². The third-order valence-electron chi connectivity index (χ3n) is 6.57. The van der Waals surface area contributed by atoms with E-state index in [0.717, 1.165) is 24.3 Å². The van der Waals surface area contributed by atoms with Crippen molar-refractivity contribution in [3.63, 3.8) is 0 Å². The summed E-state index contributed by atoms with van der Waals surface area (Å²) in [6, 6.07) is 17.6. The number of carbonyl (C=O) groups is 2. The van der Waals surface area contributed by atoms with Crippen molar-refractivity contribution >= 4 is 17.5 Å². The maximum absolute atomic E-state index is 13.4. The molecule has 6 heteroatoms. The van der Waals surface area contributed by atoms with Gasteiger partial charge in [-0.1, -0.05) is 42.5 Å². The van der Waals surface area contributed by atoms with Crippen molar-refractivity contribution in [2.45, 2.75) is 24.5 Å². The predicted octanol–water partition coefficient (Wildman–Crippen LogP) is 2.73. The number of fused-ring (bicyclic) bond motifs is 1. The number of carbonyl (C=O) groups excluding carboxylic acids is 2. The lowest BCUT2D eigenvalue weighted by molar-refractivity contribution is -0.131. The van der Waals surface area contributed by atoms with Gasteiger partial charge in [-0.3, -0.25) is 9.59 Å². The van der Waals surface area contributed by atoms with Gasteiger partial charge in [-0.15, -0.1) is 0 Å². The Morgan fingerprint density at radius 2 is 1.97 bits per heavy atom. The highest BCUT2D eigenvalue weighted by Crippen LogP contribution is 2.52. The lowest BCUT2D eigenvalue weighted by Gasteiger charge is -2.23. The van der Waals surface area contributed by atoms with Gasteiger partial charge in [-0.2, -0.15) is 0 Å². The van der Waals surface area contributed by atoms with E-state index in [1.165, 1.54) is 5.56 Å². The van der Waals surface area contributed by atoms with E-state index in [1.54, 1.807) is 12.0 Å². The summed E-state index contributed by atoms with van der Waals surface area (Å²) in [6.07, 6.45) is 5.34. The van der Waals surface area contributed by atoms with Gasteiger partial charge >= 0.3 is 0 Å². The molecular weight excluding hydrogens is 392 g/mol. The highest BCUT2D eigenvalue weighted by atomic mass is 16.5. The minimum Gasteiger partial charge on any atom is -0.497 e. The van der Waals surface area contributed by atoms with Crippen LogP contribution in [0.15, 0.2) is 66.7 Å². The van der Waals surface area contributed by atoms with Crippen LogP contribution < -0.4 is 15.0 Å². The molecule has 0 saturated carbocycles. The number of aryl methyl sites for hydroxylation is 1. The Balaban J connectivity index is 1.26. The molecule has 2 aromatic rings. The van der Waals surface area contributed by atoms with Crippen molar-refractivity contribution in [1.82, 2.24) is 5.32 Å². The standard InChI is InChI=1S/C25H26N2O4/c1-30-19-11-9-18(10-12-19)27-16-25-14-13-20(31-25)21(22(25)24(27)29)23(28)26-15-5-8-17-6-3-2-4-7-17/h2-4,6-7,9-14,20-22H,5,8,15-16H2,1H3,(H,26,28)/t20-,21-,22+,25+/m0/s1. The molecule has 31 heavy (non-hydrogen) atoms. The molecule has 3 heterocycles. The molecule has 1 N–H and O–H groups in total. The van der Waals surface area contributed by atoms with E-state index in [2.05, 4.69) is 17.4 Å². The Morgan fingerprint density at radius 1 is 1.19 bits per heavy atom. The van der Waals surface area contributed by atoms with Gasteiger partial charge in [0, 0.05) is 12.2 Å². The van der Waals surface area contributed by atoms with Gasteiger partial charge in [0.05, 0.1) is 31.6 Å². The van der Waals surface area contributed by atoms with Gasteiger partial charge in [0.2, 0.25) is 11.8 Å². The third-order valence-corrected chi connectivity index (χ3v) is 6.57. The molecule has 2 saturated heterocycles. The second-order valence-corrected chi connectivity index (χ2v) is 8.40. The number of nitrogens with one attached hydrogen (secondary N) is 1. The van der Waals surface area contributed by atoms with Crippen LogP contribution in [0.1, 0.15) is 12.0 Å². The number of nitrogens with zero attached hydrogens (tertiary/aromatic N) is 1. The summed E-state index contributed by atoms with van der Waals surface area (Å²) in [5.74, 6) is -0.393. The summed E-state index contributed by atoms with van der Waals surface area (Å²) in [5, 5.41) is 3.04. The molecule has 1 spiro atoms. The number of ether oxygens (including phenoxy) is 2. The lowest BCUT2D eigenvalue weighted by atomic mass is 9.77. The molecule has 2 fully saturated rings. The molecule has 6 nitrogen and oxygen atoms in total. The Labute approximate surface area is 181 Å². The highest BCUT2D eigenvalue weighted by Gasteiger charge is 2.67. The Bertz CT molecular complexity index is 1000. The zero-order chi connectivity index (χ0) is 21.4. The first-order valence-corrected chi connectivity index (χ1v) is 10.8. The molecule has 4 atom stereocenters. The molecule has 3 aliphatic rings. The Hall–Kier alpha value is -3.12. The van der Waals surface area contributed by atoms with Gasteiger partial charge in [-0.05, 0) is 42.7 Å². The van der Waals surface area contributed by atoms with Crippen molar-refractivity contribution in [3.8, 4) is 5.75 Å². The first-order valence-electron chi connectivity index (χ1n) is 10.8. The van der Waals surface area contributed by atoms with Crippen LogP contribution in [0.2, 0.25) is 0 Å². The average Bonchev–Trinajstić information content (AvgIpc) is 3.45. The average molecular weight is 418 g/mol. The first kappa shape index (κ1) is 19.8. The number of amides is 2. The molecule has 160 valence electrons. The number of anilines is 1. The van der Waals surface area contributed by atoms with E-state index < -0.39 is 17.4 Å². The minimum absolute atomic E-state index is 0.0542. The van der Waals surface area contributed by atoms with E-state index in [4.69, 9.17) is 9.47 Å². The fourth-order valence-electron chi connectivity index (χ4n) is 5.05. The molecule has 3 aliphatic heterocycles. The summed E-state index contributed by atoms with van der Waals surface area (Å²) in [4.78, 5) is 28.1. The van der Waals surface area contributed by atoms with Crippen molar-refractivity contribution in [1.29, 1.82) is 0 Å². The summed E-state index contributed by atoms with van der Waals surface area (Å²) in [7, 11) is 1.61. The number of rotatable bonds is 7. The maximum atomic E-state index is 13.4. The number of benzene rings is 2. The van der Waals surface area contributed by atoms with E-state index in [1.807, 2.05) is 54.6 Å². The van der Waals surface area contributed by atoms with Crippen LogP contribution in [0.25, 0.3) is 0 Å². The van der Waals surface area contributed by atoms with Gasteiger partial charge in [0.15, 0.2) is 0 Å². The van der Waals surface area contributed by atoms with E-state index >= 15 is 0 Å². The molecule has 2 bridgehead atoms. The van der Waals surface area contributed by atoms with Gasteiger partial charge in [0.1, 0.15) is 11.4 Å². The SMILES string of the molecule is COc1ccc(N2C[C@@]34C=C[C@H](O3)[C@H](C(=O)NCCCc3ccccc3)[C@@H]4C2=O)cc1. The normalized spacial score (nSPS) is 28.1. The maximum Gasteiger partial charge on any atom is 0.234 e. The van der Waals surface area contributed by atoms with Gasteiger partial charge in [0.25, 0.3) is 0 Å². The van der Waals surface area contributed by atoms with Gasteiger partial charge in [-0.25, -0.2) is 0 Å². The topological polar surface area (TPSA) is 67.9 Å². The van der Waals surface area contributed by atoms with Crippen LogP contribution in [0.5, 0.6) is 5.75 Å². The zero-order valence-electron chi connectivity index (χ0n) is 17.5. The predicted molar refractivity (Wildman–Crippen MR) is 117 cm³/mol. The largest absolute Gasteiger partial charge is 0.497 e. The quantitative estimate of drug-likeness (QED) is 0.555. The minimum atomic E-state index is -0.715. The summed E-state index contributed by atoms with van der Waals surface area (Å²) in [5.41, 5.74) is 1.33. The van der Waals surface area contributed by atoms with Gasteiger partial charge < -0.3 is 19.7 Å². The summed E-state index contributed by atoms with van der Waals surface area (Å²) in [6.45, 7) is 1.00. The van der Waals surface area contributed by atoms with Crippen LogP contribution in [-0.4, -0.2) is 43.7 Å². The molecule has 2 aromatic carbocycles. The first-order chi connectivity index (χ1) is 15.1. The van der Waals surface area contributed by atoms with Crippen LogP contribution in [0, 0.1) is 11.8 Å². The van der Waals surface area contributed by atoms with E-state index in [0.29, 0.717) is 13.1 Å². The van der Waals surface area contributed by atoms with Crippen LogP contribution in [0.4, 0.5) is 5.69 Å².